The Hall–Kier alpha value is -0.370. The molecule has 0 aromatic rings. The van der Waals surface area contributed by atoms with Gasteiger partial charge >= 0.3 is 0 Å². The van der Waals surface area contributed by atoms with Crippen LogP contribution >= 0.6 is 0 Å². The van der Waals surface area contributed by atoms with Crippen LogP contribution in [0.5, 0.6) is 0 Å². The minimum absolute atomic E-state index is 0.0509. The molecular weight excluding hydrogens is 152 g/mol. The van der Waals surface area contributed by atoms with Gasteiger partial charge in [0.15, 0.2) is 0 Å². The molecule has 2 nitrogen and oxygen atoms in total. The van der Waals surface area contributed by atoms with Crippen LogP contribution in [0.3, 0.4) is 0 Å². The number of Topliss-reactive ketones (excluding diaryl/α,β-unsaturated/α-hetero) is 1. The second-order valence-corrected chi connectivity index (χ2v) is 4.77. The van der Waals surface area contributed by atoms with E-state index in [1.807, 2.05) is 13.8 Å². The Labute approximate surface area is 73.0 Å². The maximum Gasteiger partial charge on any atom is 0.144 e. The number of carbonyl (C=O) groups is 1. The Kier molecular flexibility index (Phi) is 1.59. The van der Waals surface area contributed by atoms with Gasteiger partial charge in [-0.2, -0.15) is 0 Å². The summed E-state index contributed by atoms with van der Waals surface area (Å²) in [5.74, 6) is 0.660. The fourth-order valence-electron chi connectivity index (χ4n) is 2.79. The maximum atomic E-state index is 11.8. The minimum Gasteiger partial charge on any atom is -0.392 e. The molecule has 3 aliphatic rings. The van der Waals surface area contributed by atoms with Crippen molar-refractivity contribution in [3.8, 4) is 0 Å². The van der Waals surface area contributed by atoms with Gasteiger partial charge in [0.1, 0.15) is 5.78 Å². The van der Waals surface area contributed by atoms with Crippen molar-refractivity contribution in [3.63, 3.8) is 0 Å². The summed E-state index contributed by atoms with van der Waals surface area (Å²) in [4.78, 5) is 11.8. The van der Waals surface area contributed by atoms with E-state index < -0.39 is 0 Å². The first-order chi connectivity index (χ1) is 5.53. The smallest absolute Gasteiger partial charge is 0.144 e. The van der Waals surface area contributed by atoms with Crippen molar-refractivity contribution in [1.29, 1.82) is 0 Å². The van der Waals surface area contributed by atoms with Gasteiger partial charge in [-0.3, -0.25) is 4.79 Å². The highest BCUT2D eigenvalue weighted by atomic mass is 16.3. The third kappa shape index (κ3) is 0.875. The standard InChI is InChI=1S/C10H16O2/c1-10(2)6-3-4-7(9(10)12)8(11)5-6/h6-8,11H,3-5H2,1-2H3. The summed E-state index contributed by atoms with van der Waals surface area (Å²) in [6.07, 6.45) is 2.53. The first-order valence-corrected chi connectivity index (χ1v) is 4.76. The van der Waals surface area contributed by atoms with Gasteiger partial charge in [-0.1, -0.05) is 13.8 Å². The predicted molar refractivity (Wildman–Crippen MR) is 45.6 cm³/mol. The molecule has 0 aromatic heterocycles. The Morgan fingerprint density at radius 1 is 1.42 bits per heavy atom. The fourth-order valence-corrected chi connectivity index (χ4v) is 2.79. The van der Waals surface area contributed by atoms with Crippen LogP contribution in [-0.4, -0.2) is 17.0 Å². The summed E-state index contributed by atoms with van der Waals surface area (Å²) in [5, 5.41) is 9.58. The first-order valence-electron chi connectivity index (χ1n) is 4.76. The Bertz CT molecular complexity index is 220. The Morgan fingerprint density at radius 2 is 2.08 bits per heavy atom. The number of aliphatic hydroxyl groups is 1. The Balaban J connectivity index is 2.32. The summed E-state index contributed by atoms with van der Waals surface area (Å²) in [7, 11) is 0. The SMILES string of the molecule is CC1(C)C(=O)C2CCC1CC2O. The number of carbonyl (C=O) groups excluding carboxylic acids is 1. The lowest BCUT2D eigenvalue weighted by Gasteiger charge is -2.48. The molecule has 0 saturated heterocycles. The zero-order valence-electron chi connectivity index (χ0n) is 7.71. The van der Waals surface area contributed by atoms with E-state index in [0.717, 1.165) is 19.3 Å². The van der Waals surface area contributed by atoms with Crippen LogP contribution in [0, 0.1) is 17.3 Å². The maximum absolute atomic E-state index is 11.8. The van der Waals surface area contributed by atoms with Gasteiger partial charge < -0.3 is 5.11 Å². The number of aliphatic hydroxyl groups excluding tert-OH is 1. The van der Waals surface area contributed by atoms with E-state index in [-0.39, 0.29) is 23.2 Å². The monoisotopic (exact) mass is 168 g/mol. The lowest BCUT2D eigenvalue weighted by molar-refractivity contribution is -0.153. The molecular formula is C10H16O2. The van der Waals surface area contributed by atoms with Gasteiger partial charge in [-0.15, -0.1) is 0 Å². The molecule has 0 spiro atoms. The molecule has 0 heterocycles. The van der Waals surface area contributed by atoms with Crippen molar-refractivity contribution >= 4 is 5.78 Å². The van der Waals surface area contributed by atoms with Gasteiger partial charge in [0.2, 0.25) is 0 Å². The van der Waals surface area contributed by atoms with Gasteiger partial charge in [-0.25, -0.2) is 0 Å². The molecule has 12 heavy (non-hydrogen) atoms. The van der Waals surface area contributed by atoms with E-state index in [2.05, 4.69) is 0 Å². The predicted octanol–water partition coefficient (Wildman–Crippen LogP) is 1.37. The van der Waals surface area contributed by atoms with Crippen LogP contribution in [0.25, 0.3) is 0 Å². The van der Waals surface area contributed by atoms with Crippen molar-refractivity contribution in [1.82, 2.24) is 0 Å². The lowest BCUT2D eigenvalue weighted by atomic mass is 9.56. The van der Waals surface area contributed by atoms with Crippen LogP contribution in [-0.2, 0) is 4.79 Å². The molecule has 3 unspecified atom stereocenters. The molecule has 0 aliphatic heterocycles. The zero-order chi connectivity index (χ0) is 8.93. The first kappa shape index (κ1) is 8.24. The van der Waals surface area contributed by atoms with Gasteiger partial charge in [0, 0.05) is 11.3 Å². The molecule has 2 bridgehead atoms. The zero-order valence-corrected chi connectivity index (χ0v) is 7.71. The molecule has 2 heteroatoms. The summed E-state index contributed by atoms with van der Waals surface area (Å²) in [5.41, 5.74) is -0.165. The summed E-state index contributed by atoms with van der Waals surface area (Å²) >= 11 is 0. The minimum atomic E-state index is -0.343. The molecule has 0 amide bonds. The summed E-state index contributed by atoms with van der Waals surface area (Å²) < 4.78 is 0. The van der Waals surface area contributed by atoms with Gasteiger partial charge in [0.05, 0.1) is 6.10 Å². The molecule has 3 saturated carbocycles. The highest BCUT2D eigenvalue weighted by molar-refractivity contribution is 5.88. The third-order valence-corrected chi connectivity index (χ3v) is 3.81. The van der Waals surface area contributed by atoms with E-state index in [0.29, 0.717) is 5.92 Å². The molecule has 3 fully saturated rings. The number of fused-ring (bicyclic) bond motifs is 3. The number of hydrogen-bond acceptors (Lipinski definition) is 2. The van der Waals surface area contributed by atoms with Crippen molar-refractivity contribution in [3.05, 3.63) is 0 Å². The molecule has 68 valence electrons. The quantitative estimate of drug-likeness (QED) is 0.593. The van der Waals surface area contributed by atoms with Crippen LogP contribution in [0.2, 0.25) is 0 Å². The van der Waals surface area contributed by atoms with Crippen molar-refractivity contribution in [2.24, 2.45) is 17.3 Å². The van der Waals surface area contributed by atoms with Crippen molar-refractivity contribution < 1.29 is 9.90 Å². The number of hydrogen-bond donors (Lipinski definition) is 1. The second-order valence-electron chi connectivity index (χ2n) is 4.77. The van der Waals surface area contributed by atoms with E-state index in [4.69, 9.17) is 0 Å². The molecule has 3 atom stereocenters. The number of ketones is 1. The van der Waals surface area contributed by atoms with Gasteiger partial charge in [0.25, 0.3) is 0 Å². The fraction of sp³-hybridized carbons (Fsp3) is 0.900. The second kappa shape index (κ2) is 2.32. The van der Waals surface area contributed by atoms with Crippen LogP contribution in [0.1, 0.15) is 33.1 Å². The number of rotatable bonds is 0. The lowest BCUT2D eigenvalue weighted by Crippen LogP contribution is -2.52. The van der Waals surface area contributed by atoms with E-state index >= 15 is 0 Å². The molecule has 3 aliphatic carbocycles. The largest absolute Gasteiger partial charge is 0.392 e. The van der Waals surface area contributed by atoms with E-state index in [1.165, 1.54) is 0 Å². The van der Waals surface area contributed by atoms with E-state index in [9.17, 15) is 9.90 Å². The average Bonchev–Trinajstić information content (AvgIpc) is 2.00. The van der Waals surface area contributed by atoms with Crippen molar-refractivity contribution in [2.45, 2.75) is 39.2 Å². The Morgan fingerprint density at radius 3 is 2.50 bits per heavy atom. The average molecular weight is 168 g/mol. The molecule has 0 radical (unpaired) electrons. The van der Waals surface area contributed by atoms with Crippen LogP contribution < -0.4 is 0 Å². The highest BCUT2D eigenvalue weighted by Crippen LogP contribution is 2.49. The highest BCUT2D eigenvalue weighted by Gasteiger charge is 2.51. The normalized spacial score (nSPS) is 44.9. The summed E-state index contributed by atoms with van der Waals surface area (Å²) in [6.45, 7) is 4.05. The van der Waals surface area contributed by atoms with E-state index in [1.54, 1.807) is 0 Å². The van der Waals surface area contributed by atoms with Crippen molar-refractivity contribution in [2.75, 3.05) is 0 Å². The van der Waals surface area contributed by atoms with Crippen LogP contribution in [0.4, 0.5) is 0 Å². The molecule has 3 rings (SSSR count). The molecule has 0 aromatic carbocycles. The van der Waals surface area contributed by atoms with Gasteiger partial charge in [-0.05, 0) is 25.2 Å². The summed E-state index contributed by atoms with van der Waals surface area (Å²) in [6, 6.07) is 0. The van der Waals surface area contributed by atoms with Crippen LogP contribution in [0.15, 0.2) is 0 Å². The topological polar surface area (TPSA) is 37.3 Å². The molecule has 1 N–H and O–H groups in total. The third-order valence-electron chi connectivity index (χ3n) is 3.81.